The number of tetrazole rings is 1. The van der Waals surface area contributed by atoms with Crippen LogP contribution in [0.15, 0.2) is 12.1 Å². The Hall–Kier alpha value is -3.67. The number of aryl methyl sites for hydroxylation is 2. The number of aromatic nitrogens is 4. The first-order chi connectivity index (χ1) is 20.5. The Morgan fingerprint density at radius 3 is 2.51 bits per heavy atom. The number of hydrogen-bond acceptors (Lipinski definition) is 10. The Labute approximate surface area is 258 Å². The van der Waals surface area contributed by atoms with Crippen molar-refractivity contribution in [1.29, 1.82) is 5.26 Å². The standard InChI is InChI=1S/C29H35N9O3S2/c1-15(31-14-24(39)38-18(13-30)8-17-9-20(17)38)12-29(28-32-34-35-33-28)19-11-23(27(41)37(4)5)42-21(19)7-6-16-10-22(43-25(16)29)26(40)36(2)3/h10-11,15,17-18,20,31H,6-9,12,14H2,1-5H3,(H,32,33,34,35)/t15-,17+,18-,20-,29?/m0/s1. The van der Waals surface area contributed by atoms with Crippen molar-refractivity contribution in [3.63, 3.8) is 0 Å². The minimum Gasteiger partial charge on any atom is -0.344 e. The number of likely N-dealkylation sites (tertiary alicyclic amines) is 1. The third-order valence-corrected chi connectivity index (χ3v) is 11.3. The quantitative estimate of drug-likeness (QED) is 0.388. The van der Waals surface area contributed by atoms with Crippen molar-refractivity contribution in [2.24, 2.45) is 5.92 Å². The van der Waals surface area contributed by atoms with Crippen molar-refractivity contribution in [2.75, 3.05) is 34.7 Å². The lowest BCUT2D eigenvalue weighted by molar-refractivity contribution is -0.131. The molecule has 14 heteroatoms. The molecule has 0 radical (unpaired) electrons. The summed E-state index contributed by atoms with van der Waals surface area (Å²) < 4.78 is 0. The molecule has 226 valence electrons. The first-order valence-electron chi connectivity index (χ1n) is 14.4. The fraction of sp³-hybridized carbons (Fsp3) is 0.552. The molecule has 3 amide bonds. The van der Waals surface area contributed by atoms with E-state index in [0.29, 0.717) is 40.8 Å². The number of amides is 3. The molecule has 2 aliphatic carbocycles. The van der Waals surface area contributed by atoms with Crippen LogP contribution in [0.4, 0.5) is 0 Å². The number of rotatable bonds is 8. The molecule has 3 aliphatic rings. The van der Waals surface area contributed by atoms with Crippen molar-refractivity contribution < 1.29 is 14.4 Å². The van der Waals surface area contributed by atoms with Crippen LogP contribution in [0.5, 0.6) is 0 Å². The second kappa shape index (κ2) is 11.1. The average Bonchev–Trinajstić information content (AvgIpc) is 3.48. The van der Waals surface area contributed by atoms with Gasteiger partial charge in [-0.15, -0.1) is 32.9 Å². The average molecular weight is 622 g/mol. The molecule has 1 aliphatic heterocycles. The fourth-order valence-corrected chi connectivity index (χ4v) is 9.35. The van der Waals surface area contributed by atoms with Gasteiger partial charge < -0.3 is 20.0 Å². The van der Waals surface area contributed by atoms with Gasteiger partial charge in [-0.3, -0.25) is 14.4 Å². The minimum absolute atomic E-state index is 0.0661. The van der Waals surface area contributed by atoms with Gasteiger partial charge in [0.2, 0.25) is 5.91 Å². The van der Waals surface area contributed by atoms with Crippen LogP contribution in [-0.2, 0) is 23.1 Å². The number of nitrogens with one attached hydrogen (secondary N) is 2. The third kappa shape index (κ3) is 5.03. The second-order valence-electron chi connectivity index (χ2n) is 12.2. The fourth-order valence-electron chi connectivity index (χ4n) is 6.65. The second-order valence-corrected chi connectivity index (χ2v) is 14.4. The Morgan fingerprint density at radius 1 is 1.14 bits per heavy atom. The highest BCUT2D eigenvalue weighted by atomic mass is 32.1. The van der Waals surface area contributed by atoms with Gasteiger partial charge in [0.1, 0.15) is 6.04 Å². The first-order valence-corrected chi connectivity index (χ1v) is 16.1. The molecule has 1 unspecified atom stereocenters. The molecule has 0 bridgehead atoms. The van der Waals surface area contributed by atoms with E-state index in [4.69, 9.17) is 0 Å². The normalized spacial score (nSPS) is 24.3. The monoisotopic (exact) mass is 621 g/mol. The van der Waals surface area contributed by atoms with E-state index in [1.165, 1.54) is 22.7 Å². The summed E-state index contributed by atoms with van der Waals surface area (Å²) in [6.07, 6.45) is 3.59. The lowest BCUT2D eigenvalue weighted by Gasteiger charge is -2.34. The molecule has 1 saturated heterocycles. The van der Waals surface area contributed by atoms with Gasteiger partial charge in [-0.1, -0.05) is 5.21 Å². The first kappa shape index (κ1) is 29.4. The molecule has 0 aromatic carbocycles. The van der Waals surface area contributed by atoms with Crippen molar-refractivity contribution in [1.82, 2.24) is 40.6 Å². The molecular formula is C29H35N9O3S2. The SMILES string of the molecule is C[C@@H](CC1(c2nn[nH]n2)c2cc(C(=O)N(C)C)sc2CCc2cc(C(=O)N(C)C)sc21)NCC(=O)N1[C@H](C#N)C[C@@H]2C[C@@H]21. The number of fused-ring (bicyclic) bond motifs is 3. The van der Waals surface area contributed by atoms with E-state index in [9.17, 15) is 19.6 Å². The van der Waals surface area contributed by atoms with E-state index in [-0.39, 0.29) is 42.4 Å². The van der Waals surface area contributed by atoms with Crippen molar-refractivity contribution in [2.45, 2.75) is 62.6 Å². The zero-order chi connectivity index (χ0) is 30.6. The zero-order valence-corrected chi connectivity index (χ0v) is 26.5. The maximum atomic E-state index is 13.3. The highest BCUT2D eigenvalue weighted by Crippen LogP contribution is 2.52. The molecule has 1 saturated carbocycles. The van der Waals surface area contributed by atoms with Crippen LogP contribution in [0, 0.1) is 17.2 Å². The molecule has 4 heterocycles. The minimum atomic E-state index is -0.926. The Morgan fingerprint density at radius 2 is 1.86 bits per heavy atom. The van der Waals surface area contributed by atoms with Gasteiger partial charge >= 0.3 is 0 Å². The summed E-state index contributed by atoms with van der Waals surface area (Å²) in [4.78, 5) is 47.7. The van der Waals surface area contributed by atoms with Gasteiger partial charge in [-0.2, -0.15) is 10.5 Å². The van der Waals surface area contributed by atoms with Crippen LogP contribution >= 0.6 is 22.7 Å². The van der Waals surface area contributed by atoms with Gasteiger partial charge in [-0.25, -0.2) is 0 Å². The van der Waals surface area contributed by atoms with E-state index < -0.39 is 5.41 Å². The van der Waals surface area contributed by atoms with Crippen LogP contribution in [-0.4, -0.2) is 106 Å². The largest absolute Gasteiger partial charge is 0.344 e. The number of aromatic amines is 1. The van der Waals surface area contributed by atoms with E-state index in [0.717, 1.165) is 33.7 Å². The summed E-state index contributed by atoms with van der Waals surface area (Å²) in [6, 6.07) is 5.84. The number of carbonyl (C=O) groups excluding carboxylic acids is 3. The summed E-state index contributed by atoms with van der Waals surface area (Å²) in [5.74, 6) is 0.674. The Balaban J connectivity index is 1.41. The van der Waals surface area contributed by atoms with Crippen molar-refractivity contribution in [3.05, 3.63) is 48.6 Å². The van der Waals surface area contributed by atoms with Crippen LogP contribution < -0.4 is 5.32 Å². The molecule has 43 heavy (non-hydrogen) atoms. The zero-order valence-electron chi connectivity index (χ0n) is 24.9. The van der Waals surface area contributed by atoms with Crippen LogP contribution in [0.1, 0.15) is 72.2 Å². The molecule has 5 atom stereocenters. The lowest BCUT2D eigenvalue weighted by atomic mass is 9.73. The maximum absolute atomic E-state index is 13.3. The molecule has 6 rings (SSSR count). The summed E-state index contributed by atoms with van der Waals surface area (Å²) >= 11 is 2.92. The highest BCUT2D eigenvalue weighted by molar-refractivity contribution is 7.15. The van der Waals surface area contributed by atoms with Gasteiger partial charge in [0.15, 0.2) is 5.82 Å². The van der Waals surface area contributed by atoms with Crippen molar-refractivity contribution >= 4 is 40.4 Å². The van der Waals surface area contributed by atoms with Crippen LogP contribution in [0.25, 0.3) is 0 Å². The third-order valence-electron chi connectivity index (χ3n) is 8.80. The number of nitrogens with zero attached hydrogens (tertiary/aromatic N) is 7. The van der Waals surface area contributed by atoms with Crippen LogP contribution in [0.2, 0.25) is 0 Å². The number of carbonyl (C=O) groups is 3. The van der Waals surface area contributed by atoms with Gasteiger partial charge in [-0.05, 0) is 68.2 Å². The van der Waals surface area contributed by atoms with E-state index in [1.807, 2.05) is 19.1 Å². The molecule has 0 spiro atoms. The molecule has 2 N–H and O–H groups in total. The van der Waals surface area contributed by atoms with Gasteiger partial charge in [0.05, 0.1) is 27.8 Å². The molecule has 3 aromatic rings. The Kier molecular flexibility index (Phi) is 7.60. The molecule has 3 aromatic heterocycles. The number of thiophene rings is 2. The topological polar surface area (TPSA) is 151 Å². The molecule has 2 fully saturated rings. The lowest BCUT2D eigenvalue weighted by Crippen LogP contribution is -2.46. The maximum Gasteiger partial charge on any atom is 0.263 e. The highest BCUT2D eigenvalue weighted by Gasteiger charge is 2.54. The smallest absolute Gasteiger partial charge is 0.263 e. The predicted molar refractivity (Wildman–Crippen MR) is 161 cm³/mol. The van der Waals surface area contributed by atoms with E-state index in [1.54, 1.807) is 42.9 Å². The predicted octanol–water partition coefficient (Wildman–Crippen LogP) is 2.04. The summed E-state index contributed by atoms with van der Waals surface area (Å²) in [5, 5.41) is 28.6. The summed E-state index contributed by atoms with van der Waals surface area (Å²) in [6.45, 7) is 2.12. The number of nitriles is 1. The van der Waals surface area contributed by atoms with E-state index in [2.05, 4.69) is 32.0 Å². The summed E-state index contributed by atoms with van der Waals surface area (Å²) in [7, 11) is 6.94. The number of H-pyrrole nitrogens is 1. The van der Waals surface area contributed by atoms with Crippen LogP contribution in [0.3, 0.4) is 0 Å². The number of hydrogen-bond donors (Lipinski definition) is 2. The number of piperidine rings is 1. The molecule has 12 nitrogen and oxygen atoms in total. The summed E-state index contributed by atoms with van der Waals surface area (Å²) in [5.41, 5.74) is 1.05. The van der Waals surface area contributed by atoms with E-state index >= 15 is 0 Å². The van der Waals surface area contributed by atoms with Crippen molar-refractivity contribution in [3.8, 4) is 6.07 Å². The molecular weight excluding hydrogens is 587 g/mol. The van der Waals surface area contributed by atoms with Gasteiger partial charge in [0, 0.05) is 50.0 Å². The van der Waals surface area contributed by atoms with Gasteiger partial charge in [0.25, 0.3) is 11.8 Å². The Bertz CT molecular complexity index is 1540.